The van der Waals surface area contributed by atoms with Gasteiger partial charge in [0.25, 0.3) is 0 Å². The maximum absolute atomic E-state index is 13.5. The number of likely N-dealkylation sites (tertiary alicyclic amines) is 1. The van der Waals surface area contributed by atoms with Crippen LogP contribution in [0.25, 0.3) is 6.08 Å². The molecule has 3 heterocycles. The number of carbonyl (C=O) groups excluding carboxylic acids is 3. The maximum Gasteiger partial charge on any atom is 0.236 e. The highest BCUT2D eigenvalue weighted by atomic mass is 79.9. The topological polar surface area (TPSA) is 57.7 Å². The van der Waals surface area contributed by atoms with Crippen LogP contribution in [0, 0.1) is 17.3 Å². The summed E-state index contributed by atoms with van der Waals surface area (Å²) in [6.07, 6.45) is 5.50. The van der Waals surface area contributed by atoms with Gasteiger partial charge in [-0.15, -0.1) is 6.58 Å². The van der Waals surface area contributed by atoms with Crippen molar-refractivity contribution < 1.29 is 14.4 Å². The first-order chi connectivity index (χ1) is 13.2. The molecule has 4 rings (SSSR count). The van der Waals surface area contributed by atoms with Crippen molar-refractivity contribution in [1.29, 1.82) is 0 Å². The quantitative estimate of drug-likeness (QED) is 0.531. The molecular formula is C22H23BrN2O3. The molecule has 146 valence electrons. The molecule has 28 heavy (non-hydrogen) atoms. The summed E-state index contributed by atoms with van der Waals surface area (Å²) < 4.78 is 0.941. The lowest BCUT2D eigenvalue weighted by Crippen LogP contribution is -2.51. The Morgan fingerprint density at radius 3 is 2.54 bits per heavy atom. The van der Waals surface area contributed by atoms with E-state index in [2.05, 4.69) is 22.5 Å². The van der Waals surface area contributed by atoms with E-state index in [4.69, 9.17) is 0 Å². The third-order valence-electron chi connectivity index (χ3n) is 5.88. The van der Waals surface area contributed by atoms with Gasteiger partial charge in [0.15, 0.2) is 5.78 Å². The first kappa shape index (κ1) is 19.1. The molecule has 0 aromatic heterocycles. The highest BCUT2D eigenvalue weighted by molar-refractivity contribution is 9.10. The molecule has 0 spiro atoms. The minimum Gasteiger partial charge on any atom is -0.353 e. The highest BCUT2D eigenvalue weighted by Crippen LogP contribution is 2.50. The first-order valence-corrected chi connectivity index (χ1v) is 10.2. The van der Waals surface area contributed by atoms with Gasteiger partial charge in [0.1, 0.15) is 6.04 Å². The van der Waals surface area contributed by atoms with E-state index in [9.17, 15) is 14.4 Å². The highest BCUT2D eigenvalue weighted by Gasteiger charge is 2.64. The number of hydrogen-bond donors (Lipinski definition) is 0. The Morgan fingerprint density at radius 2 is 1.89 bits per heavy atom. The molecule has 0 aliphatic carbocycles. The van der Waals surface area contributed by atoms with Gasteiger partial charge in [-0.1, -0.05) is 54.9 Å². The summed E-state index contributed by atoms with van der Waals surface area (Å²) in [5.74, 6) is -1.70. The van der Waals surface area contributed by atoms with Crippen molar-refractivity contribution in [2.24, 2.45) is 17.3 Å². The van der Waals surface area contributed by atoms with Crippen molar-refractivity contribution in [2.45, 2.75) is 32.9 Å². The Labute approximate surface area is 173 Å². The van der Waals surface area contributed by atoms with Crippen molar-refractivity contribution in [3.63, 3.8) is 0 Å². The monoisotopic (exact) mass is 442 g/mol. The number of rotatable bonds is 3. The van der Waals surface area contributed by atoms with Crippen LogP contribution in [-0.2, 0) is 14.4 Å². The van der Waals surface area contributed by atoms with E-state index in [-0.39, 0.29) is 30.2 Å². The minimum atomic E-state index is -0.663. The molecule has 1 aromatic carbocycles. The summed E-state index contributed by atoms with van der Waals surface area (Å²) in [4.78, 5) is 43.0. The van der Waals surface area contributed by atoms with E-state index in [1.54, 1.807) is 6.08 Å². The lowest BCUT2D eigenvalue weighted by Gasteiger charge is -2.38. The molecule has 0 radical (unpaired) electrons. The zero-order chi connectivity index (χ0) is 20.4. The van der Waals surface area contributed by atoms with Crippen LogP contribution in [-0.4, -0.2) is 41.1 Å². The summed E-state index contributed by atoms with van der Waals surface area (Å²) >= 11 is 3.49. The van der Waals surface area contributed by atoms with E-state index >= 15 is 0 Å². The molecule has 3 aliphatic heterocycles. The number of ketones is 1. The van der Waals surface area contributed by atoms with Crippen LogP contribution in [0.1, 0.15) is 26.3 Å². The average molecular weight is 443 g/mol. The predicted molar refractivity (Wildman–Crippen MR) is 112 cm³/mol. The van der Waals surface area contributed by atoms with Gasteiger partial charge in [0.05, 0.1) is 17.9 Å². The van der Waals surface area contributed by atoms with Crippen LogP contribution < -0.4 is 4.90 Å². The van der Waals surface area contributed by atoms with Crippen LogP contribution in [0.4, 0.5) is 5.69 Å². The first-order valence-electron chi connectivity index (χ1n) is 9.43. The van der Waals surface area contributed by atoms with E-state index in [0.29, 0.717) is 0 Å². The third kappa shape index (κ3) is 2.61. The Bertz CT molecular complexity index is 930. The fourth-order valence-electron chi connectivity index (χ4n) is 4.66. The number of Topliss-reactive ketones (excluding diaryl/α,β-unsaturated/α-hetero) is 1. The number of anilines is 1. The lowest BCUT2D eigenvalue weighted by molar-refractivity contribution is -0.141. The van der Waals surface area contributed by atoms with Gasteiger partial charge >= 0.3 is 0 Å². The summed E-state index contributed by atoms with van der Waals surface area (Å²) in [7, 11) is 0. The Hall–Kier alpha value is -2.21. The Morgan fingerprint density at radius 1 is 1.21 bits per heavy atom. The van der Waals surface area contributed by atoms with Crippen molar-refractivity contribution in [3.05, 3.63) is 47.0 Å². The second-order valence-corrected chi connectivity index (χ2v) is 9.56. The molecule has 6 heteroatoms. The van der Waals surface area contributed by atoms with Gasteiger partial charge in [-0.25, -0.2) is 0 Å². The standard InChI is InChI=1S/C22H23BrN2O3/c1-5-10-24-20(27)16-15-8-6-12-11-13(23)7-9-14(12)25(15)18(17(16)21(24)28)19(26)22(2,3)4/h5-9,11,15-18H,1,10H2,2-4H3/t15-,16+,17+,18+/m0/s1. The molecule has 1 aromatic rings. The molecule has 0 N–H and O–H groups in total. The van der Waals surface area contributed by atoms with Crippen LogP contribution in [0.15, 0.2) is 41.4 Å². The zero-order valence-electron chi connectivity index (χ0n) is 16.2. The normalized spacial score (nSPS) is 28.3. The van der Waals surface area contributed by atoms with Crippen LogP contribution in [0.3, 0.4) is 0 Å². The van der Waals surface area contributed by atoms with E-state index in [0.717, 1.165) is 15.7 Å². The van der Waals surface area contributed by atoms with Gasteiger partial charge in [-0.3, -0.25) is 19.3 Å². The summed E-state index contributed by atoms with van der Waals surface area (Å²) in [6, 6.07) is 4.90. The molecule has 3 aliphatic rings. The van der Waals surface area contributed by atoms with Crippen LogP contribution in [0.2, 0.25) is 0 Å². The van der Waals surface area contributed by atoms with Gasteiger partial charge in [0.2, 0.25) is 11.8 Å². The predicted octanol–water partition coefficient (Wildman–Crippen LogP) is 3.44. The van der Waals surface area contributed by atoms with Crippen molar-refractivity contribution >= 4 is 45.3 Å². The molecule has 0 saturated carbocycles. The number of hydrogen-bond acceptors (Lipinski definition) is 4. The smallest absolute Gasteiger partial charge is 0.236 e. The minimum absolute atomic E-state index is 0.0178. The van der Waals surface area contributed by atoms with Crippen LogP contribution in [0.5, 0.6) is 0 Å². The van der Waals surface area contributed by atoms with Gasteiger partial charge < -0.3 is 4.90 Å². The average Bonchev–Trinajstić information content (AvgIpc) is 3.09. The van der Waals surface area contributed by atoms with Gasteiger partial charge in [0, 0.05) is 22.1 Å². The van der Waals surface area contributed by atoms with Crippen molar-refractivity contribution in [1.82, 2.24) is 4.90 Å². The van der Waals surface area contributed by atoms with Crippen molar-refractivity contribution in [2.75, 3.05) is 11.4 Å². The summed E-state index contributed by atoms with van der Waals surface area (Å²) in [5, 5.41) is 0. The van der Waals surface area contributed by atoms with Gasteiger partial charge in [-0.2, -0.15) is 0 Å². The molecule has 0 unspecified atom stereocenters. The molecule has 4 atom stereocenters. The van der Waals surface area contributed by atoms with Crippen molar-refractivity contribution in [3.8, 4) is 0 Å². The molecule has 2 saturated heterocycles. The number of imide groups is 1. The molecule has 5 nitrogen and oxygen atoms in total. The molecule has 2 fully saturated rings. The number of halogens is 1. The molecular weight excluding hydrogens is 420 g/mol. The number of fused-ring (bicyclic) bond motifs is 5. The lowest BCUT2D eigenvalue weighted by atomic mass is 9.79. The Kier molecular flexibility index (Phi) is 4.38. The number of carbonyl (C=O) groups is 3. The number of amides is 2. The number of benzene rings is 1. The van der Waals surface area contributed by atoms with E-state index in [1.165, 1.54) is 4.90 Å². The summed E-state index contributed by atoms with van der Waals surface area (Å²) in [5.41, 5.74) is 1.24. The molecule has 2 amide bonds. The fraction of sp³-hybridized carbons (Fsp3) is 0.409. The van der Waals surface area contributed by atoms with E-state index in [1.807, 2.05) is 56.0 Å². The Balaban J connectivity index is 1.88. The van der Waals surface area contributed by atoms with E-state index < -0.39 is 23.3 Å². The maximum atomic E-state index is 13.5. The summed E-state index contributed by atoms with van der Waals surface area (Å²) in [6.45, 7) is 9.43. The van der Waals surface area contributed by atoms with Gasteiger partial charge in [-0.05, 0) is 23.8 Å². The molecule has 0 bridgehead atoms. The largest absolute Gasteiger partial charge is 0.353 e. The number of nitrogens with zero attached hydrogens (tertiary/aromatic N) is 2. The second-order valence-electron chi connectivity index (χ2n) is 8.65. The van der Waals surface area contributed by atoms with Crippen LogP contribution >= 0.6 is 15.9 Å². The second kappa shape index (κ2) is 6.41. The zero-order valence-corrected chi connectivity index (χ0v) is 17.8. The SMILES string of the molecule is C=CCN1C(=O)[C@@H]2[C@H](C1=O)[C@@H]1C=Cc3cc(Br)ccc3N1[C@H]2C(=O)C(C)(C)C. The fourth-order valence-corrected chi connectivity index (χ4v) is 5.04. The third-order valence-corrected chi connectivity index (χ3v) is 6.37.